The topological polar surface area (TPSA) is 92.8 Å². The van der Waals surface area contributed by atoms with E-state index >= 15 is 0 Å². The van der Waals surface area contributed by atoms with Crippen molar-refractivity contribution in [3.05, 3.63) is 71.3 Å². The van der Waals surface area contributed by atoms with Gasteiger partial charge in [0.15, 0.2) is 6.61 Å². The number of rotatable bonds is 7. The van der Waals surface area contributed by atoms with Crippen LogP contribution in [0.4, 0.5) is 13.2 Å². The lowest BCUT2D eigenvalue weighted by Gasteiger charge is -2.24. The Balaban J connectivity index is 1.78. The molecule has 0 bridgehead atoms. The molecule has 2 aromatic carbocycles. The highest BCUT2D eigenvalue weighted by Gasteiger charge is 2.43. The minimum atomic E-state index is -4.62. The second-order valence-corrected chi connectivity index (χ2v) is 6.73. The van der Waals surface area contributed by atoms with E-state index in [1.165, 1.54) is 12.1 Å². The van der Waals surface area contributed by atoms with Crippen molar-refractivity contribution >= 4 is 23.7 Å². The largest absolute Gasteiger partial charge is 0.454 e. The average Bonchev–Trinajstić information content (AvgIpc) is 2.99. The number of halogens is 3. The van der Waals surface area contributed by atoms with Gasteiger partial charge in [0.05, 0.1) is 11.1 Å². The van der Waals surface area contributed by atoms with Crippen molar-refractivity contribution in [2.75, 3.05) is 13.2 Å². The normalized spacial score (nSPS) is 14.2. The average molecular weight is 434 g/mol. The van der Waals surface area contributed by atoms with Gasteiger partial charge in [-0.15, -0.1) is 0 Å². The summed E-state index contributed by atoms with van der Waals surface area (Å²) >= 11 is 0. The first-order valence-corrected chi connectivity index (χ1v) is 9.18. The molecule has 1 aliphatic rings. The van der Waals surface area contributed by atoms with Crippen LogP contribution in [0.2, 0.25) is 0 Å². The third-order valence-electron chi connectivity index (χ3n) is 4.51. The Bertz CT molecular complexity index is 973. The fraction of sp³-hybridized carbons (Fsp3) is 0.238. The summed E-state index contributed by atoms with van der Waals surface area (Å²) in [6, 6.07) is 13.1. The molecular formula is C21H17F3N2O5. The van der Waals surface area contributed by atoms with Crippen LogP contribution < -0.4 is 5.32 Å². The van der Waals surface area contributed by atoms with Crippen LogP contribution in [0.25, 0.3) is 0 Å². The number of nitrogens with zero attached hydrogens (tertiary/aromatic N) is 1. The van der Waals surface area contributed by atoms with Crippen molar-refractivity contribution in [2.24, 2.45) is 0 Å². The lowest BCUT2D eigenvalue weighted by molar-refractivity contribution is -0.154. The lowest BCUT2D eigenvalue weighted by Crippen LogP contribution is -2.47. The van der Waals surface area contributed by atoms with Gasteiger partial charge >= 0.3 is 12.1 Å². The van der Waals surface area contributed by atoms with Crippen molar-refractivity contribution in [3.8, 4) is 0 Å². The molecule has 0 spiro atoms. The van der Waals surface area contributed by atoms with Gasteiger partial charge in [0.1, 0.15) is 12.6 Å². The molecule has 1 aliphatic heterocycles. The maximum atomic E-state index is 12.8. The van der Waals surface area contributed by atoms with E-state index in [0.29, 0.717) is 5.56 Å². The number of amides is 3. The summed E-state index contributed by atoms with van der Waals surface area (Å²) in [7, 11) is 0. The van der Waals surface area contributed by atoms with Gasteiger partial charge in [-0.25, -0.2) is 4.79 Å². The van der Waals surface area contributed by atoms with Crippen LogP contribution >= 0.6 is 0 Å². The number of esters is 1. The molecule has 1 N–H and O–H groups in total. The molecule has 3 rings (SSSR count). The van der Waals surface area contributed by atoms with Crippen molar-refractivity contribution in [3.63, 3.8) is 0 Å². The highest BCUT2D eigenvalue weighted by Crippen LogP contribution is 2.26. The summed E-state index contributed by atoms with van der Waals surface area (Å²) in [5.74, 6) is -3.63. The van der Waals surface area contributed by atoms with Gasteiger partial charge in [-0.05, 0) is 17.7 Å². The summed E-state index contributed by atoms with van der Waals surface area (Å²) in [5, 5.41) is 1.58. The second-order valence-electron chi connectivity index (χ2n) is 6.73. The third kappa shape index (κ3) is 5.27. The van der Waals surface area contributed by atoms with E-state index in [9.17, 15) is 32.3 Å². The summed E-state index contributed by atoms with van der Waals surface area (Å²) < 4.78 is 41.5. The van der Waals surface area contributed by atoms with Crippen LogP contribution in [0.5, 0.6) is 0 Å². The molecule has 10 heteroatoms. The molecule has 31 heavy (non-hydrogen) atoms. The predicted octanol–water partition coefficient (Wildman–Crippen LogP) is 2.12. The van der Waals surface area contributed by atoms with Gasteiger partial charge in [0.2, 0.25) is 0 Å². The first-order chi connectivity index (χ1) is 14.7. The fourth-order valence-electron chi connectivity index (χ4n) is 3.09. The number of hydrogen-bond acceptors (Lipinski definition) is 5. The van der Waals surface area contributed by atoms with E-state index in [1.54, 1.807) is 47.8 Å². The Morgan fingerprint density at radius 2 is 1.48 bits per heavy atom. The van der Waals surface area contributed by atoms with Gasteiger partial charge in [-0.2, -0.15) is 13.2 Å². The SMILES string of the molecule is O=C(COC(=O)[C@@H](Cc1ccccc1)N1C(=O)c2ccccc2C1=O)NCC(F)(F)F. The summed E-state index contributed by atoms with van der Waals surface area (Å²) in [5.41, 5.74) is 0.866. The molecule has 0 aromatic heterocycles. The van der Waals surface area contributed by atoms with E-state index < -0.39 is 49.1 Å². The van der Waals surface area contributed by atoms with Gasteiger partial charge in [0, 0.05) is 6.42 Å². The molecule has 7 nitrogen and oxygen atoms in total. The molecular weight excluding hydrogens is 417 g/mol. The molecule has 162 valence electrons. The number of fused-ring (bicyclic) bond motifs is 1. The summed E-state index contributed by atoms with van der Waals surface area (Å²) in [6.07, 6.45) is -4.70. The monoisotopic (exact) mass is 434 g/mol. The Kier molecular flexibility index (Phi) is 6.38. The lowest BCUT2D eigenvalue weighted by atomic mass is 10.0. The Morgan fingerprint density at radius 1 is 0.935 bits per heavy atom. The van der Waals surface area contributed by atoms with E-state index in [2.05, 4.69) is 0 Å². The highest BCUT2D eigenvalue weighted by atomic mass is 19.4. The maximum absolute atomic E-state index is 12.8. The second kappa shape index (κ2) is 8.99. The zero-order chi connectivity index (χ0) is 22.6. The first kappa shape index (κ1) is 22.0. The maximum Gasteiger partial charge on any atom is 0.405 e. The molecule has 0 unspecified atom stereocenters. The standard InChI is InChI=1S/C21H17F3N2O5/c22-21(23,24)12-25-17(27)11-31-20(30)16(10-13-6-2-1-3-7-13)26-18(28)14-8-4-5-9-15(14)19(26)29/h1-9,16H,10-12H2,(H,25,27)/t16-/m1/s1. The molecule has 0 saturated carbocycles. The first-order valence-electron chi connectivity index (χ1n) is 9.18. The zero-order valence-electron chi connectivity index (χ0n) is 16.0. The third-order valence-corrected chi connectivity index (χ3v) is 4.51. The zero-order valence-corrected chi connectivity index (χ0v) is 16.0. The number of benzene rings is 2. The van der Waals surface area contributed by atoms with Gasteiger partial charge in [-0.1, -0.05) is 42.5 Å². The number of imide groups is 1. The quantitative estimate of drug-likeness (QED) is 0.532. The minimum Gasteiger partial charge on any atom is -0.454 e. The highest BCUT2D eigenvalue weighted by molar-refractivity contribution is 6.22. The van der Waals surface area contributed by atoms with Gasteiger partial charge in [0.25, 0.3) is 17.7 Å². The van der Waals surface area contributed by atoms with Crippen LogP contribution in [-0.2, 0) is 20.7 Å². The van der Waals surface area contributed by atoms with E-state index in [0.717, 1.165) is 4.90 Å². The van der Waals surface area contributed by atoms with Crippen LogP contribution in [0.3, 0.4) is 0 Å². The van der Waals surface area contributed by atoms with Crippen molar-refractivity contribution < 1.29 is 37.1 Å². The molecule has 1 heterocycles. The number of carbonyl (C=O) groups excluding carboxylic acids is 4. The van der Waals surface area contributed by atoms with Crippen molar-refractivity contribution in [2.45, 2.75) is 18.6 Å². The smallest absolute Gasteiger partial charge is 0.405 e. The molecule has 0 aliphatic carbocycles. The van der Waals surface area contributed by atoms with Crippen molar-refractivity contribution in [1.29, 1.82) is 0 Å². The molecule has 2 aromatic rings. The molecule has 0 saturated heterocycles. The number of ether oxygens (including phenoxy) is 1. The summed E-state index contributed by atoms with van der Waals surface area (Å²) in [4.78, 5) is 50.6. The Morgan fingerprint density at radius 3 is 2.03 bits per heavy atom. The Labute approximate surface area is 174 Å². The Hall–Kier alpha value is -3.69. The number of hydrogen-bond donors (Lipinski definition) is 1. The van der Waals surface area contributed by atoms with Crippen molar-refractivity contribution in [1.82, 2.24) is 10.2 Å². The molecule has 0 radical (unpaired) electrons. The molecule has 3 amide bonds. The number of alkyl halides is 3. The fourth-order valence-corrected chi connectivity index (χ4v) is 3.09. The van der Waals surface area contributed by atoms with E-state index in [1.807, 2.05) is 0 Å². The van der Waals surface area contributed by atoms with Crippen LogP contribution in [0, 0.1) is 0 Å². The van der Waals surface area contributed by atoms with Crippen LogP contribution in [-0.4, -0.2) is 54.0 Å². The van der Waals surface area contributed by atoms with Gasteiger partial charge < -0.3 is 10.1 Å². The van der Waals surface area contributed by atoms with E-state index in [-0.39, 0.29) is 17.5 Å². The molecule has 1 atom stereocenters. The number of carbonyl (C=O) groups is 4. The molecule has 0 fully saturated rings. The van der Waals surface area contributed by atoms with E-state index in [4.69, 9.17) is 4.74 Å². The minimum absolute atomic E-state index is 0.0880. The van der Waals surface area contributed by atoms with Crippen LogP contribution in [0.1, 0.15) is 26.3 Å². The summed E-state index contributed by atoms with van der Waals surface area (Å²) in [6.45, 7) is -2.56. The van der Waals surface area contributed by atoms with Gasteiger partial charge in [-0.3, -0.25) is 19.3 Å². The van der Waals surface area contributed by atoms with Crippen LogP contribution in [0.15, 0.2) is 54.6 Å². The predicted molar refractivity (Wildman–Crippen MR) is 101 cm³/mol. The number of nitrogens with one attached hydrogen (secondary N) is 1.